The number of hydrogen-bond acceptors (Lipinski definition) is 3. The van der Waals surface area contributed by atoms with Gasteiger partial charge in [-0.15, -0.1) is 0 Å². The molecule has 2 radical (unpaired) electrons. The van der Waals surface area contributed by atoms with Gasteiger partial charge in [0.15, 0.2) is 0 Å². The molecule has 3 heterocycles. The Labute approximate surface area is 282 Å². The monoisotopic (exact) mass is 742 g/mol. The van der Waals surface area contributed by atoms with Crippen molar-refractivity contribution < 1.29 is 0 Å². The Morgan fingerprint density at radius 2 is 0.545 bits per heavy atom. The maximum atomic E-state index is 2.46. The van der Waals surface area contributed by atoms with E-state index in [2.05, 4.69) is 181 Å². The molecule has 0 nitrogen and oxygen atoms in total. The molecule has 2 bridgehead atoms. The quantitative estimate of drug-likeness (QED) is 0.170. The molecule has 0 saturated carbocycles. The molecular formula is C39H30Ge2S3. The van der Waals surface area contributed by atoms with Crippen molar-refractivity contribution in [3.8, 4) is 0 Å². The number of benzene rings is 6. The number of fused-ring (bicyclic) bond motifs is 3. The van der Waals surface area contributed by atoms with Crippen molar-refractivity contribution in [1.29, 1.82) is 0 Å². The predicted octanol–water partition coefficient (Wildman–Crippen LogP) is 6.22. The van der Waals surface area contributed by atoms with Gasteiger partial charge < -0.3 is 0 Å². The molecule has 0 aromatic heterocycles. The summed E-state index contributed by atoms with van der Waals surface area (Å²) in [4.78, 5) is 4.36. The number of hydrogen-bond donors (Lipinski definition) is 0. The molecule has 212 valence electrons. The Bertz CT molecular complexity index is 1600. The van der Waals surface area contributed by atoms with Gasteiger partial charge in [-0.05, 0) is 0 Å². The second kappa shape index (κ2) is 13.1. The zero-order valence-electron chi connectivity index (χ0n) is 24.2. The summed E-state index contributed by atoms with van der Waals surface area (Å²) in [6.45, 7) is 0. The summed E-state index contributed by atoms with van der Waals surface area (Å²) in [5, 5.41) is 0. The third-order valence-electron chi connectivity index (χ3n) is 8.48. The van der Waals surface area contributed by atoms with Crippen molar-refractivity contribution in [3.05, 3.63) is 162 Å². The molecule has 6 aromatic rings. The summed E-state index contributed by atoms with van der Waals surface area (Å²) in [5.41, 5.74) is 4.51. The van der Waals surface area contributed by atoms with Gasteiger partial charge in [0.05, 0.1) is 0 Å². The molecule has 0 unspecified atom stereocenters. The molecule has 0 N–H and O–H groups in total. The third-order valence-corrected chi connectivity index (χ3v) is 25.6. The van der Waals surface area contributed by atoms with E-state index in [0.717, 1.165) is 17.3 Å². The van der Waals surface area contributed by atoms with E-state index in [-0.39, 0.29) is 0 Å². The van der Waals surface area contributed by atoms with E-state index in [1.807, 2.05) is 0 Å². The Hall–Kier alpha value is -2.54. The average Bonchev–Trinajstić information content (AvgIpc) is 3.08. The van der Waals surface area contributed by atoms with E-state index in [4.69, 9.17) is 0 Å². The standard InChI is InChI=1S/C39H30Ge2S3/c1-4-16-31-28(13-1)25-42-37-22-10-7-19-34(37)41-35-20-8-11-23-38(35)43-26-29-14-2-5-17-32(29)40(31)33-18-6-3-15-30(33)27-44-39-24-12-9-21-36(39)41/h1-24H,25-27H2. The molecule has 0 spiro atoms. The molecule has 6 aromatic carbocycles. The van der Waals surface area contributed by atoms with Crippen LogP contribution in [0.4, 0.5) is 0 Å². The van der Waals surface area contributed by atoms with Crippen LogP contribution in [-0.4, -0.2) is 28.7 Å². The van der Waals surface area contributed by atoms with E-state index in [9.17, 15) is 0 Å². The zero-order valence-corrected chi connectivity index (χ0v) is 30.8. The van der Waals surface area contributed by atoms with Crippen LogP contribution in [0.3, 0.4) is 0 Å². The predicted molar refractivity (Wildman–Crippen MR) is 197 cm³/mol. The van der Waals surface area contributed by atoms with Crippen LogP contribution in [-0.2, 0) is 17.3 Å². The van der Waals surface area contributed by atoms with Gasteiger partial charge in [0, 0.05) is 0 Å². The van der Waals surface area contributed by atoms with Gasteiger partial charge in [0.1, 0.15) is 0 Å². The minimum absolute atomic E-state index is 0.992. The summed E-state index contributed by atoms with van der Waals surface area (Å²) >= 11 is 1.69. The zero-order chi connectivity index (χ0) is 29.3. The van der Waals surface area contributed by atoms with E-state index < -0.39 is 28.7 Å². The second-order valence-electron chi connectivity index (χ2n) is 11.1. The van der Waals surface area contributed by atoms with Crippen LogP contribution in [0, 0.1) is 0 Å². The Morgan fingerprint density at radius 3 is 0.886 bits per heavy atom. The van der Waals surface area contributed by atoms with E-state index in [1.54, 1.807) is 26.4 Å². The Morgan fingerprint density at radius 1 is 0.295 bits per heavy atom. The molecule has 0 aliphatic carbocycles. The van der Waals surface area contributed by atoms with Crippen LogP contribution >= 0.6 is 35.3 Å². The van der Waals surface area contributed by atoms with Gasteiger partial charge in [-0.25, -0.2) is 0 Å². The summed E-state index contributed by atoms with van der Waals surface area (Å²) in [5.74, 6) is 2.98. The van der Waals surface area contributed by atoms with Crippen molar-refractivity contribution in [1.82, 2.24) is 0 Å². The Balaban J connectivity index is 1.48. The van der Waals surface area contributed by atoms with Crippen molar-refractivity contribution >= 4 is 90.4 Å². The van der Waals surface area contributed by atoms with Crippen molar-refractivity contribution in [2.75, 3.05) is 0 Å². The van der Waals surface area contributed by atoms with Gasteiger partial charge in [-0.1, -0.05) is 0 Å². The fourth-order valence-corrected chi connectivity index (χ4v) is 25.2. The minimum atomic E-state index is -2.24. The normalized spacial score (nSPS) is 15.0. The molecule has 0 atom stereocenters. The van der Waals surface area contributed by atoms with Crippen LogP contribution in [0.15, 0.2) is 160 Å². The molecule has 3 aliphatic rings. The van der Waals surface area contributed by atoms with Gasteiger partial charge >= 0.3 is 285 Å². The topological polar surface area (TPSA) is 0 Å². The number of rotatable bonds is 0. The van der Waals surface area contributed by atoms with Crippen molar-refractivity contribution in [2.24, 2.45) is 0 Å². The van der Waals surface area contributed by atoms with Crippen LogP contribution < -0.4 is 26.4 Å². The summed E-state index contributed by atoms with van der Waals surface area (Å²) in [7, 11) is 0. The summed E-state index contributed by atoms with van der Waals surface area (Å²) in [6, 6.07) is 56.3. The SMILES string of the molecule is c1cc[c]2c(c1)CSc1cccc[c]1[Ge]1[c]3ccccc3SCc3cccc[c]3[Ge]2[c]2ccccc2CSc2cccc[c]21. The summed E-state index contributed by atoms with van der Waals surface area (Å²) in [6.07, 6.45) is 0. The van der Waals surface area contributed by atoms with Crippen LogP contribution in [0.25, 0.3) is 0 Å². The van der Waals surface area contributed by atoms with Crippen molar-refractivity contribution in [3.63, 3.8) is 0 Å². The van der Waals surface area contributed by atoms with Gasteiger partial charge in [0.25, 0.3) is 0 Å². The van der Waals surface area contributed by atoms with Gasteiger partial charge in [-0.3, -0.25) is 0 Å². The molecule has 3 aliphatic heterocycles. The summed E-state index contributed by atoms with van der Waals surface area (Å²) < 4.78 is 9.50. The van der Waals surface area contributed by atoms with E-state index >= 15 is 0 Å². The molecule has 44 heavy (non-hydrogen) atoms. The first kappa shape index (κ1) is 28.9. The van der Waals surface area contributed by atoms with Crippen LogP contribution in [0.5, 0.6) is 0 Å². The third kappa shape index (κ3) is 5.56. The van der Waals surface area contributed by atoms with Crippen molar-refractivity contribution in [2.45, 2.75) is 31.9 Å². The molecular weight excluding hydrogens is 710 g/mol. The molecule has 9 rings (SSSR count). The average molecular weight is 740 g/mol. The first-order valence-corrected chi connectivity index (χ1v) is 24.3. The molecule has 0 amide bonds. The molecule has 0 fully saturated rings. The first-order valence-electron chi connectivity index (χ1n) is 15.0. The number of thioether (sulfide) groups is 3. The van der Waals surface area contributed by atoms with Crippen LogP contribution in [0.1, 0.15) is 16.7 Å². The van der Waals surface area contributed by atoms with E-state index in [0.29, 0.717) is 0 Å². The Kier molecular flexibility index (Phi) is 8.57. The fraction of sp³-hybridized carbons (Fsp3) is 0.0769. The first-order chi connectivity index (χ1) is 21.8. The van der Waals surface area contributed by atoms with Gasteiger partial charge in [0.2, 0.25) is 0 Å². The molecule has 5 heteroatoms. The second-order valence-corrected chi connectivity index (χ2v) is 24.1. The van der Waals surface area contributed by atoms with Gasteiger partial charge in [-0.2, -0.15) is 0 Å². The fourth-order valence-electron chi connectivity index (χ4n) is 6.40. The van der Waals surface area contributed by atoms with Crippen LogP contribution in [0.2, 0.25) is 0 Å². The van der Waals surface area contributed by atoms with E-state index in [1.165, 1.54) is 31.4 Å². The molecule has 0 saturated heterocycles. The maximum absolute atomic E-state index is 2.46.